The van der Waals surface area contributed by atoms with Gasteiger partial charge in [0.2, 0.25) is 22.2 Å². The number of anilines is 5. The second-order valence-electron chi connectivity index (χ2n) is 15.4. The van der Waals surface area contributed by atoms with Gasteiger partial charge < -0.3 is 34.7 Å². The molecule has 4 saturated heterocycles. The molecular formula is C37H59N11OS2. The van der Waals surface area contributed by atoms with Gasteiger partial charge in [0.25, 0.3) is 5.91 Å². The van der Waals surface area contributed by atoms with E-state index in [-0.39, 0.29) is 5.91 Å². The van der Waals surface area contributed by atoms with Crippen LogP contribution >= 0.6 is 23.1 Å². The number of carbonyl (C=O) groups is 1. The Morgan fingerprint density at radius 3 is 1.37 bits per heavy atom. The Labute approximate surface area is 313 Å². The molecule has 0 saturated carbocycles. The van der Waals surface area contributed by atoms with E-state index >= 15 is 0 Å². The molecule has 0 radical (unpaired) electrons. The zero-order valence-electron chi connectivity index (χ0n) is 31.6. The van der Waals surface area contributed by atoms with Crippen molar-refractivity contribution in [3.8, 4) is 0 Å². The van der Waals surface area contributed by atoms with Crippen LogP contribution in [0.4, 0.5) is 27.8 Å². The Balaban J connectivity index is 0.000000193. The van der Waals surface area contributed by atoms with Crippen molar-refractivity contribution in [2.75, 3.05) is 119 Å². The van der Waals surface area contributed by atoms with Crippen molar-refractivity contribution in [2.24, 2.45) is 23.7 Å². The minimum Gasteiger partial charge on any atom is -0.372 e. The van der Waals surface area contributed by atoms with E-state index in [1.165, 1.54) is 93.2 Å². The maximum absolute atomic E-state index is 12.1. The summed E-state index contributed by atoms with van der Waals surface area (Å²) in [5.74, 6) is 5.22. The standard InChI is InChI=1S/C23H34N6OS.C14H25N5S/c1-26(2)21(30)19-5-7-20(8-6-19)28-13-9-17(10-14-28)18-11-15-29(16-12-18)23-24-22(25-31-23)27(3)4;1-18(2)13-16-14(20-17-13)19-9-5-12(6-10-19)11-3-7-15-8-4-11/h5-8,17-18H,9-16H2,1-4H3;11-12,15H,3-10H2,1-2H3. The van der Waals surface area contributed by atoms with E-state index < -0.39 is 0 Å². The van der Waals surface area contributed by atoms with Gasteiger partial charge in [-0.1, -0.05) is 0 Å². The number of amides is 1. The van der Waals surface area contributed by atoms with E-state index in [1.54, 1.807) is 19.0 Å². The number of piperidine rings is 4. The minimum absolute atomic E-state index is 0.0584. The summed E-state index contributed by atoms with van der Waals surface area (Å²) in [7, 11) is 11.6. The second kappa shape index (κ2) is 17.5. The van der Waals surface area contributed by atoms with Crippen LogP contribution in [0, 0.1) is 23.7 Å². The summed E-state index contributed by atoms with van der Waals surface area (Å²) < 4.78 is 8.85. The van der Waals surface area contributed by atoms with Gasteiger partial charge in [-0.05, 0) is 112 Å². The number of hydrogen-bond donors (Lipinski definition) is 1. The van der Waals surface area contributed by atoms with E-state index in [0.717, 1.165) is 90.7 Å². The molecule has 280 valence electrons. The zero-order valence-corrected chi connectivity index (χ0v) is 33.3. The predicted octanol–water partition coefficient (Wildman–Crippen LogP) is 5.26. The van der Waals surface area contributed by atoms with Crippen LogP contribution in [0.3, 0.4) is 0 Å². The Morgan fingerprint density at radius 1 is 0.608 bits per heavy atom. The highest BCUT2D eigenvalue weighted by atomic mass is 32.1. The van der Waals surface area contributed by atoms with Crippen LogP contribution in [-0.4, -0.2) is 124 Å². The van der Waals surface area contributed by atoms with E-state index in [1.807, 2.05) is 50.1 Å². The maximum atomic E-state index is 12.1. The average molecular weight is 738 g/mol. The van der Waals surface area contributed by atoms with Gasteiger partial charge in [0, 0.05) is 116 Å². The van der Waals surface area contributed by atoms with Gasteiger partial charge in [-0.3, -0.25) is 4.79 Å². The van der Waals surface area contributed by atoms with Crippen LogP contribution < -0.4 is 29.8 Å². The third-order valence-electron chi connectivity index (χ3n) is 11.4. The SMILES string of the molecule is CN(C)C(=O)c1ccc(N2CCC(C3CCN(c4nc(N(C)C)ns4)CC3)CC2)cc1.CN(C)c1nsc(N2CCC(C3CCNCC3)CC2)n1. The van der Waals surface area contributed by atoms with Gasteiger partial charge >= 0.3 is 0 Å². The molecule has 0 bridgehead atoms. The first-order valence-corrected chi connectivity index (χ1v) is 20.5. The molecule has 1 N–H and O–H groups in total. The molecule has 1 aromatic carbocycles. The Morgan fingerprint density at radius 2 is 1.00 bits per heavy atom. The molecule has 51 heavy (non-hydrogen) atoms. The molecule has 0 atom stereocenters. The number of nitrogens with one attached hydrogen (secondary N) is 1. The topological polar surface area (TPSA) is 100 Å². The van der Waals surface area contributed by atoms with E-state index in [4.69, 9.17) is 0 Å². The third kappa shape index (κ3) is 9.61. The van der Waals surface area contributed by atoms with Gasteiger partial charge in [-0.15, -0.1) is 0 Å². The Kier molecular flexibility index (Phi) is 12.9. The lowest BCUT2D eigenvalue weighted by atomic mass is 9.79. The molecule has 4 aliphatic heterocycles. The van der Waals surface area contributed by atoms with Crippen molar-refractivity contribution in [2.45, 2.75) is 51.4 Å². The highest BCUT2D eigenvalue weighted by molar-refractivity contribution is 7.10. The summed E-state index contributed by atoms with van der Waals surface area (Å²) in [6.07, 6.45) is 10.4. The monoisotopic (exact) mass is 737 g/mol. The van der Waals surface area contributed by atoms with Crippen LogP contribution in [0.2, 0.25) is 0 Å². The summed E-state index contributed by atoms with van der Waals surface area (Å²) in [5, 5.41) is 5.63. The van der Waals surface area contributed by atoms with Gasteiger partial charge in [-0.25, -0.2) is 0 Å². The Hall–Kier alpha value is -3.23. The number of benzene rings is 1. The summed E-state index contributed by atoms with van der Waals surface area (Å²) in [6, 6.07) is 8.10. The van der Waals surface area contributed by atoms with Crippen molar-refractivity contribution in [1.82, 2.24) is 28.9 Å². The number of rotatable bonds is 8. The van der Waals surface area contributed by atoms with Crippen LogP contribution in [0.25, 0.3) is 0 Å². The lowest BCUT2D eigenvalue weighted by molar-refractivity contribution is 0.0827. The third-order valence-corrected chi connectivity index (χ3v) is 12.9. The van der Waals surface area contributed by atoms with Crippen LogP contribution in [0.5, 0.6) is 0 Å². The van der Waals surface area contributed by atoms with Gasteiger partial charge in [0.15, 0.2) is 0 Å². The quantitative estimate of drug-likeness (QED) is 0.328. The van der Waals surface area contributed by atoms with E-state index in [2.05, 4.69) is 50.9 Å². The number of aromatic nitrogens is 4. The summed E-state index contributed by atoms with van der Waals surface area (Å²) in [6.45, 7) is 9.12. The lowest BCUT2D eigenvalue weighted by Gasteiger charge is -2.40. The second-order valence-corrected chi connectivity index (χ2v) is 16.8. The number of nitrogens with zero attached hydrogens (tertiary/aromatic N) is 10. The van der Waals surface area contributed by atoms with Gasteiger partial charge in [0.1, 0.15) is 0 Å². The van der Waals surface area contributed by atoms with Crippen LogP contribution in [-0.2, 0) is 0 Å². The number of carbonyl (C=O) groups excluding carboxylic acids is 1. The van der Waals surface area contributed by atoms with Crippen molar-refractivity contribution < 1.29 is 4.79 Å². The average Bonchev–Trinajstić information content (AvgIpc) is 3.88. The molecule has 7 rings (SSSR count). The van der Waals surface area contributed by atoms with Crippen LogP contribution in [0.1, 0.15) is 61.7 Å². The lowest BCUT2D eigenvalue weighted by Crippen LogP contribution is -2.41. The fraction of sp³-hybridized carbons (Fsp3) is 0.703. The molecule has 0 aliphatic carbocycles. The minimum atomic E-state index is 0.0584. The fourth-order valence-corrected chi connectivity index (χ4v) is 9.75. The molecule has 3 aromatic rings. The van der Waals surface area contributed by atoms with Crippen molar-refractivity contribution in [3.63, 3.8) is 0 Å². The molecule has 4 aliphatic rings. The molecule has 14 heteroatoms. The Bertz CT molecular complexity index is 1500. The smallest absolute Gasteiger partial charge is 0.253 e. The molecular weight excluding hydrogens is 679 g/mol. The molecule has 2 aromatic heterocycles. The molecule has 12 nitrogen and oxygen atoms in total. The molecule has 6 heterocycles. The summed E-state index contributed by atoms with van der Waals surface area (Å²) in [5.41, 5.74) is 1.99. The van der Waals surface area contributed by atoms with Crippen molar-refractivity contribution >= 4 is 56.8 Å². The maximum Gasteiger partial charge on any atom is 0.253 e. The van der Waals surface area contributed by atoms with Crippen molar-refractivity contribution in [3.05, 3.63) is 29.8 Å². The first-order chi connectivity index (χ1) is 24.7. The van der Waals surface area contributed by atoms with Gasteiger partial charge in [-0.2, -0.15) is 18.7 Å². The highest BCUT2D eigenvalue weighted by Gasteiger charge is 2.31. The molecule has 1 amide bonds. The fourth-order valence-electron chi connectivity index (χ4n) is 8.18. The van der Waals surface area contributed by atoms with Crippen LogP contribution in [0.15, 0.2) is 24.3 Å². The highest BCUT2D eigenvalue weighted by Crippen LogP contribution is 2.36. The molecule has 4 fully saturated rings. The largest absolute Gasteiger partial charge is 0.372 e. The van der Waals surface area contributed by atoms with Crippen molar-refractivity contribution in [1.29, 1.82) is 0 Å². The van der Waals surface area contributed by atoms with E-state index in [9.17, 15) is 4.79 Å². The number of hydrogen-bond acceptors (Lipinski definition) is 13. The van der Waals surface area contributed by atoms with Gasteiger partial charge in [0.05, 0.1) is 0 Å². The normalized spacial score (nSPS) is 19.8. The first-order valence-electron chi connectivity index (χ1n) is 19.0. The zero-order chi connectivity index (χ0) is 35.9. The predicted molar refractivity (Wildman–Crippen MR) is 213 cm³/mol. The first kappa shape index (κ1) is 37.5. The molecule has 0 unspecified atom stereocenters. The summed E-state index contributed by atoms with van der Waals surface area (Å²) >= 11 is 3.05. The molecule has 0 spiro atoms. The summed E-state index contributed by atoms with van der Waals surface area (Å²) in [4.78, 5) is 34.2. The van der Waals surface area contributed by atoms with E-state index in [0.29, 0.717) is 0 Å².